The van der Waals surface area contributed by atoms with Crippen molar-refractivity contribution in [2.24, 2.45) is 0 Å². The molecule has 2 amide bonds. The highest BCUT2D eigenvalue weighted by molar-refractivity contribution is 6.09. The van der Waals surface area contributed by atoms with Gasteiger partial charge < -0.3 is 20.1 Å². The van der Waals surface area contributed by atoms with Crippen LogP contribution in [0.2, 0.25) is 0 Å². The standard InChI is InChI=1S/C27H24N4O6/c1-17-7-9-22(11-18(17)2)29-26(32)16-37-24-10-8-19(13-25(24)36-3)12-20(15-28)27(33)30-21-5-4-6-23(14-21)31(34)35/h4-14H,16H2,1-3H3,(H,29,32)(H,30,33)/b20-12-. The van der Waals surface area contributed by atoms with Crippen LogP contribution in [0, 0.1) is 35.3 Å². The van der Waals surface area contributed by atoms with E-state index in [1.54, 1.807) is 18.2 Å². The van der Waals surface area contributed by atoms with Crippen molar-refractivity contribution in [3.8, 4) is 17.6 Å². The van der Waals surface area contributed by atoms with E-state index in [-0.39, 0.29) is 29.5 Å². The third-order valence-corrected chi connectivity index (χ3v) is 5.33. The van der Waals surface area contributed by atoms with E-state index < -0.39 is 10.8 Å². The number of nitro groups is 1. The number of amides is 2. The fourth-order valence-corrected chi connectivity index (χ4v) is 3.26. The van der Waals surface area contributed by atoms with E-state index in [4.69, 9.17) is 9.47 Å². The Kier molecular flexibility index (Phi) is 8.57. The molecule has 0 atom stereocenters. The number of nitriles is 1. The number of benzene rings is 3. The van der Waals surface area contributed by atoms with E-state index in [2.05, 4.69) is 10.6 Å². The van der Waals surface area contributed by atoms with Crippen LogP contribution in [0.4, 0.5) is 17.1 Å². The van der Waals surface area contributed by atoms with Gasteiger partial charge in [-0.3, -0.25) is 19.7 Å². The predicted molar refractivity (Wildman–Crippen MR) is 138 cm³/mol. The number of aryl methyl sites for hydroxylation is 2. The van der Waals surface area contributed by atoms with Crippen LogP contribution in [0.5, 0.6) is 11.5 Å². The Bertz CT molecular complexity index is 1420. The molecule has 188 valence electrons. The second-order valence-corrected chi connectivity index (χ2v) is 7.98. The zero-order valence-electron chi connectivity index (χ0n) is 20.4. The van der Waals surface area contributed by atoms with Gasteiger partial charge in [0, 0.05) is 23.5 Å². The van der Waals surface area contributed by atoms with Gasteiger partial charge in [0.1, 0.15) is 11.6 Å². The van der Waals surface area contributed by atoms with Crippen LogP contribution in [0.3, 0.4) is 0 Å². The Balaban J connectivity index is 1.68. The molecule has 0 aliphatic heterocycles. The first-order valence-corrected chi connectivity index (χ1v) is 11.1. The Labute approximate surface area is 213 Å². The molecule has 2 N–H and O–H groups in total. The SMILES string of the molecule is COc1cc(/C=C(/C#N)C(=O)Nc2cccc([N+](=O)[O-])c2)ccc1OCC(=O)Nc1ccc(C)c(C)c1. The fourth-order valence-electron chi connectivity index (χ4n) is 3.26. The van der Waals surface area contributed by atoms with Gasteiger partial charge in [-0.15, -0.1) is 0 Å². The van der Waals surface area contributed by atoms with Crippen LogP contribution < -0.4 is 20.1 Å². The first kappa shape index (κ1) is 26.4. The minimum Gasteiger partial charge on any atom is -0.493 e. The number of carbonyl (C=O) groups is 2. The molecular weight excluding hydrogens is 476 g/mol. The van der Waals surface area contributed by atoms with Crippen molar-refractivity contribution in [1.29, 1.82) is 5.26 Å². The van der Waals surface area contributed by atoms with E-state index in [1.807, 2.05) is 38.1 Å². The lowest BCUT2D eigenvalue weighted by Gasteiger charge is -2.12. The Morgan fingerprint density at radius 2 is 1.76 bits per heavy atom. The van der Waals surface area contributed by atoms with E-state index in [9.17, 15) is 25.0 Å². The molecule has 10 nitrogen and oxygen atoms in total. The number of anilines is 2. The van der Waals surface area contributed by atoms with Crippen LogP contribution in [0.25, 0.3) is 6.08 Å². The highest BCUT2D eigenvalue weighted by Gasteiger charge is 2.14. The molecule has 0 radical (unpaired) electrons. The molecule has 0 heterocycles. The summed E-state index contributed by atoms with van der Waals surface area (Å²) in [6.07, 6.45) is 1.34. The zero-order valence-corrected chi connectivity index (χ0v) is 20.4. The number of ether oxygens (including phenoxy) is 2. The maximum absolute atomic E-state index is 12.5. The summed E-state index contributed by atoms with van der Waals surface area (Å²) in [5.74, 6) is -0.484. The third kappa shape index (κ3) is 7.16. The van der Waals surface area contributed by atoms with E-state index in [0.29, 0.717) is 22.7 Å². The summed E-state index contributed by atoms with van der Waals surface area (Å²) < 4.78 is 10.9. The summed E-state index contributed by atoms with van der Waals surface area (Å²) >= 11 is 0. The molecule has 0 unspecified atom stereocenters. The van der Waals surface area contributed by atoms with Gasteiger partial charge in [-0.1, -0.05) is 18.2 Å². The lowest BCUT2D eigenvalue weighted by molar-refractivity contribution is -0.384. The van der Waals surface area contributed by atoms with E-state index >= 15 is 0 Å². The molecule has 3 aromatic rings. The minimum absolute atomic E-state index is 0.181. The lowest BCUT2D eigenvalue weighted by atomic mass is 10.1. The number of rotatable bonds is 9. The molecule has 0 fully saturated rings. The highest BCUT2D eigenvalue weighted by atomic mass is 16.6. The number of hydrogen-bond acceptors (Lipinski definition) is 7. The number of non-ortho nitro benzene ring substituents is 1. The second-order valence-electron chi connectivity index (χ2n) is 7.98. The Morgan fingerprint density at radius 3 is 2.43 bits per heavy atom. The molecular formula is C27H24N4O6. The van der Waals surface area contributed by atoms with Crippen LogP contribution in [-0.4, -0.2) is 30.5 Å². The molecule has 3 rings (SSSR count). The van der Waals surface area contributed by atoms with E-state index in [0.717, 1.165) is 11.1 Å². The van der Waals surface area contributed by atoms with Crippen molar-refractivity contribution in [1.82, 2.24) is 0 Å². The van der Waals surface area contributed by atoms with Crippen molar-refractivity contribution in [3.05, 3.63) is 93.0 Å². The third-order valence-electron chi connectivity index (χ3n) is 5.33. The van der Waals surface area contributed by atoms with Crippen LogP contribution >= 0.6 is 0 Å². The van der Waals surface area contributed by atoms with Gasteiger partial charge in [-0.2, -0.15) is 5.26 Å². The van der Waals surface area contributed by atoms with Gasteiger partial charge in [0.2, 0.25) is 0 Å². The molecule has 37 heavy (non-hydrogen) atoms. The number of hydrogen-bond donors (Lipinski definition) is 2. The van der Waals surface area contributed by atoms with Crippen LogP contribution in [0.15, 0.2) is 66.2 Å². The quantitative estimate of drug-likeness (QED) is 0.186. The molecule has 0 saturated heterocycles. The van der Waals surface area contributed by atoms with Crippen LogP contribution in [-0.2, 0) is 9.59 Å². The number of nitrogens with zero attached hydrogens (tertiary/aromatic N) is 2. The van der Waals surface area contributed by atoms with Gasteiger partial charge in [0.05, 0.1) is 12.0 Å². The molecule has 0 saturated carbocycles. The lowest BCUT2D eigenvalue weighted by Crippen LogP contribution is -2.20. The minimum atomic E-state index is -0.731. The molecule has 3 aromatic carbocycles. The monoisotopic (exact) mass is 500 g/mol. The summed E-state index contributed by atoms with van der Waals surface area (Å²) in [4.78, 5) is 35.2. The van der Waals surface area contributed by atoms with E-state index in [1.165, 1.54) is 37.5 Å². The molecule has 0 bridgehead atoms. The molecule has 0 aliphatic carbocycles. The number of methoxy groups -OCH3 is 1. The summed E-state index contributed by atoms with van der Waals surface area (Å²) in [5.41, 5.74) is 3.07. The van der Waals surface area contributed by atoms with Gasteiger partial charge in [-0.05, 0) is 66.9 Å². The van der Waals surface area contributed by atoms with Gasteiger partial charge >= 0.3 is 0 Å². The smallest absolute Gasteiger partial charge is 0.271 e. The normalized spacial score (nSPS) is 10.7. The maximum Gasteiger partial charge on any atom is 0.271 e. The zero-order chi connectivity index (χ0) is 26.9. The summed E-state index contributed by atoms with van der Waals surface area (Å²) in [5, 5.41) is 25.6. The molecule has 0 aromatic heterocycles. The largest absolute Gasteiger partial charge is 0.493 e. The summed E-state index contributed by atoms with van der Waals surface area (Å²) in [6.45, 7) is 3.68. The molecule has 10 heteroatoms. The first-order valence-electron chi connectivity index (χ1n) is 11.1. The van der Waals surface area contributed by atoms with Crippen molar-refractivity contribution in [2.45, 2.75) is 13.8 Å². The second kappa shape index (κ2) is 12.0. The number of nitrogens with one attached hydrogen (secondary N) is 2. The first-order chi connectivity index (χ1) is 17.7. The Morgan fingerprint density at radius 1 is 1.00 bits per heavy atom. The maximum atomic E-state index is 12.5. The molecule has 0 spiro atoms. The van der Waals surface area contributed by atoms with Crippen LogP contribution in [0.1, 0.15) is 16.7 Å². The fraction of sp³-hybridized carbons (Fsp3) is 0.148. The highest BCUT2D eigenvalue weighted by Crippen LogP contribution is 2.29. The van der Waals surface area contributed by atoms with Crippen molar-refractivity contribution < 1.29 is 24.0 Å². The van der Waals surface area contributed by atoms with Crippen molar-refractivity contribution in [2.75, 3.05) is 24.4 Å². The Hall–Kier alpha value is -5.17. The van der Waals surface area contributed by atoms with Crippen molar-refractivity contribution in [3.63, 3.8) is 0 Å². The van der Waals surface area contributed by atoms with Gasteiger partial charge in [-0.25, -0.2) is 0 Å². The predicted octanol–water partition coefficient (Wildman–Crippen LogP) is 4.78. The van der Waals surface area contributed by atoms with Crippen molar-refractivity contribution >= 4 is 35.0 Å². The number of nitro benzene ring substituents is 1. The summed E-state index contributed by atoms with van der Waals surface area (Å²) in [7, 11) is 1.42. The summed E-state index contributed by atoms with van der Waals surface area (Å²) in [6, 6.07) is 17.5. The number of carbonyl (C=O) groups excluding carboxylic acids is 2. The topological polar surface area (TPSA) is 144 Å². The average Bonchev–Trinajstić information content (AvgIpc) is 2.88. The van der Waals surface area contributed by atoms with Gasteiger partial charge in [0.25, 0.3) is 17.5 Å². The average molecular weight is 501 g/mol. The van der Waals surface area contributed by atoms with Gasteiger partial charge in [0.15, 0.2) is 18.1 Å². The molecule has 0 aliphatic rings.